The summed E-state index contributed by atoms with van der Waals surface area (Å²) < 4.78 is 8.79. The number of hydrogen-bond acceptors (Lipinski definition) is 2. The molecular weight excluding hydrogens is 356 g/mol. The van der Waals surface area contributed by atoms with Crippen molar-refractivity contribution >= 4 is 21.7 Å². The van der Waals surface area contributed by atoms with Gasteiger partial charge in [0, 0.05) is 24.1 Å². The van der Waals surface area contributed by atoms with Crippen molar-refractivity contribution in [1.82, 2.24) is 0 Å². The zero-order valence-electron chi connectivity index (χ0n) is 18.3. The highest BCUT2D eigenvalue weighted by atomic mass is 16.5. The van der Waals surface area contributed by atoms with Crippen LogP contribution in [0.2, 0.25) is 0 Å². The van der Waals surface area contributed by atoms with Crippen LogP contribution in [0.1, 0.15) is 71.1 Å². The molecule has 3 nitrogen and oxygen atoms in total. The molecule has 3 heteroatoms. The van der Waals surface area contributed by atoms with Crippen LogP contribution in [0.25, 0.3) is 21.7 Å². The summed E-state index contributed by atoms with van der Waals surface area (Å²) in [5.74, 6) is 0.966. The number of ether oxygens (including phenoxy) is 1. The van der Waals surface area contributed by atoms with Gasteiger partial charge in [0.25, 0.3) is 0 Å². The van der Waals surface area contributed by atoms with Crippen LogP contribution in [0, 0.1) is 11.3 Å². The lowest BCUT2D eigenvalue weighted by Crippen LogP contribution is -2.66. The van der Waals surface area contributed by atoms with E-state index < -0.39 is 0 Å². The molecule has 1 aromatic heterocycles. The van der Waals surface area contributed by atoms with Crippen molar-refractivity contribution in [2.45, 2.75) is 70.8 Å². The van der Waals surface area contributed by atoms with Gasteiger partial charge in [0.1, 0.15) is 5.75 Å². The SMILES string of the molecule is CCC1(C)c2cccc3c(C#N)cc4c5c(c[n+](c4c23)C1(C)CC)C(C)(C)CO5. The molecule has 0 saturated carbocycles. The molecule has 148 valence electrons. The molecule has 2 unspecified atom stereocenters. The van der Waals surface area contributed by atoms with Crippen molar-refractivity contribution < 1.29 is 9.30 Å². The Balaban J connectivity index is 2.13. The zero-order chi connectivity index (χ0) is 20.8. The fourth-order valence-corrected chi connectivity index (χ4v) is 5.87. The van der Waals surface area contributed by atoms with Crippen molar-refractivity contribution in [3.63, 3.8) is 0 Å². The standard InChI is InChI=1S/C26H29N2O/c1-7-25(5)19-11-9-10-17-16(13-27)12-18-22(21(17)19)28(26(25,6)8-2)14-20-23(18)29-15-24(20,3)4/h9-12,14H,7-8,15H2,1-6H3/q+1. The summed E-state index contributed by atoms with van der Waals surface area (Å²) in [5.41, 5.74) is 4.44. The van der Waals surface area contributed by atoms with Gasteiger partial charge in [-0.2, -0.15) is 9.83 Å². The molecule has 0 radical (unpaired) electrons. The number of fused-ring (bicyclic) bond motifs is 2. The Morgan fingerprint density at radius 1 is 1.07 bits per heavy atom. The van der Waals surface area contributed by atoms with Gasteiger partial charge >= 0.3 is 0 Å². The first-order chi connectivity index (χ1) is 13.7. The van der Waals surface area contributed by atoms with E-state index in [0.29, 0.717) is 6.61 Å². The molecule has 29 heavy (non-hydrogen) atoms. The van der Waals surface area contributed by atoms with Gasteiger partial charge in [-0.3, -0.25) is 0 Å². The molecule has 0 saturated heterocycles. The monoisotopic (exact) mass is 385 g/mol. The molecule has 0 fully saturated rings. The smallest absolute Gasteiger partial charge is 0.225 e. The van der Waals surface area contributed by atoms with Crippen LogP contribution < -0.4 is 9.30 Å². The fraction of sp³-hybridized carbons (Fsp3) is 0.462. The number of hydrogen-bond donors (Lipinski definition) is 0. The Hall–Kier alpha value is -2.60. The molecule has 0 bridgehead atoms. The minimum absolute atomic E-state index is 0.0300. The van der Waals surface area contributed by atoms with E-state index in [9.17, 15) is 5.26 Å². The van der Waals surface area contributed by atoms with Gasteiger partial charge in [0.05, 0.1) is 40.0 Å². The van der Waals surface area contributed by atoms with Crippen LogP contribution in [0.15, 0.2) is 30.5 Å². The van der Waals surface area contributed by atoms with Crippen LogP contribution >= 0.6 is 0 Å². The highest BCUT2D eigenvalue weighted by molar-refractivity contribution is 6.11. The summed E-state index contributed by atoms with van der Waals surface area (Å²) in [4.78, 5) is 0. The lowest BCUT2D eigenvalue weighted by Gasteiger charge is -2.45. The van der Waals surface area contributed by atoms with Gasteiger partial charge in [0.15, 0.2) is 11.7 Å². The molecule has 2 atom stereocenters. The first-order valence-corrected chi connectivity index (χ1v) is 10.8. The Morgan fingerprint density at radius 2 is 1.83 bits per heavy atom. The minimum Gasteiger partial charge on any atom is -0.491 e. The van der Waals surface area contributed by atoms with Crippen molar-refractivity contribution in [3.05, 3.63) is 47.2 Å². The predicted octanol–water partition coefficient (Wildman–Crippen LogP) is 5.63. The average molecular weight is 386 g/mol. The quantitative estimate of drug-likeness (QED) is 0.423. The summed E-state index contributed by atoms with van der Waals surface area (Å²) in [6, 6.07) is 11.0. The van der Waals surface area contributed by atoms with Crippen LogP contribution in [-0.4, -0.2) is 6.61 Å². The number of rotatable bonds is 2. The third kappa shape index (κ3) is 1.95. The largest absolute Gasteiger partial charge is 0.491 e. The number of benzene rings is 2. The fourth-order valence-electron chi connectivity index (χ4n) is 5.87. The zero-order valence-corrected chi connectivity index (χ0v) is 18.3. The van der Waals surface area contributed by atoms with Gasteiger partial charge in [0.2, 0.25) is 5.52 Å². The molecule has 5 rings (SSSR count). The maximum absolute atomic E-state index is 9.96. The molecule has 0 spiro atoms. The number of nitriles is 1. The molecule has 3 heterocycles. The maximum Gasteiger partial charge on any atom is 0.225 e. The summed E-state index contributed by atoms with van der Waals surface area (Å²) >= 11 is 0. The summed E-state index contributed by atoms with van der Waals surface area (Å²) in [7, 11) is 0. The highest BCUT2D eigenvalue weighted by Crippen LogP contribution is 2.52. The molecule has 2 aliphatic heterocycles. The second-order valence-electron chi connectivity index (χ2n) is 9.89. The summed E-state index contributed by atoms with van der Waals surface area (Å²) in [5, 5.41) is 13.3. The first-order valence-electron chi connectivity index (χ1n) is 10.8. The number of nitrogens with zero attached hydrogens (tertiary/aromatic N) is 2. The molecule has 0 N–H and O–H groups in total. The summed E-state index contributed by atoms with van der Waals surface area (Å²) in [6.45, 7) is 14.6. The normalized spacial score (nSPS) is 26.5. The molecule has 3 aromatic rings. The Bertz CT molecular complexity index is 1250. The highest BCUT2D eigenvalue weighted by Gasteiger charge is 2.56. The Labute approximate surface area is 172 Å². The van der Waals surface area contributed by atoms with E-state index >= 15 is 0 Å². The molecule has 2 aliphatic rings. The number of pyridine rings is 1. The van der Waals surface area contributed by atoms with Crippen molar-refractivity contribution in [2.24, 2.45) is 0 Å². The van der Waals surface area contributed by atoms with E-state index in [4.69, 9.17) is 4.74 Å². The van der Waals surface area contributed by atoms with E-state index in [0.717, 1.165) is 34.9 Å². The third-order valence-electron chi connectivity index (χ3n) is 8.26. The molecular formula is C26H29N2O+. The third-order valence-corrected chi connectivity index (χ3v) is 8.26. The van der Waals surface area contributed by atoms with E-state index in [-0.39, 0.29) is 16.4 Å². The van der Waals surface area contributed by atoms with Gasteiger partial charge in [-0.25, -0.2) is 0 Å². The maximum atomic E-state index is 9.96. The van der Waals surface area contributed by atoms with Crippen molar-refractivity contribution in [1.29, 1.82) is 5.26 Å². The second kappa shape index (κ2) is 5.51. The minimum atomic E-state index is -0.0663. The van der Waals surface area contributed by atoms with Gasteiger partial charge in [-0.1, -0.05) is 45.9 Å². The summed E-state index contributed by atoms with van der Waals surface area (Å²) in [6.07, 6.45) is 4.44. The van der Waals surface area contributed by atoms with E-state index in [1.807, 2.05) is 0 Å². The molecule has 0 aliphatic carbocycles. The van der Waals surface area contributed by atoms with Crippen LogP contribution in [0.4, 0.5) is 0 Å². The van der Waals surface area contributed by atoms with Crippen LogP contribution in [-0.2, 0) is 16.4 Å². The Morgan fingerprint density at radius 3 is 2.48 bits per heavy atom. The lowest BCUT2D eigenvalue weighted by atomic mass is 9.61. The van der Waals surface area contributed by atoms with E-state index in [1.54, 1.807) is 0 Å². The van der Waals surface area contributed by atoms with Crippen LogP contribution in [0.3, 0.4) is 0 Å². The van der Waals surface area contributed by atoms with Gasteiger partial charge < -0.3 is 4.74 Å². The topological polar surface area (TPSA) is 36.9 Å². The predicted molar refractivity (Wildman–Crippen MR) is 116 cm³/mol. The van der Waals surface area contributed by atoms with E-state index in [1.165, 1.54) is 22.0 Å². The second-order valence-corrected chi connectivity index (χ2v) is 9.89. The first kappa shape index (κ1) is 18.4. The van der Waals surface area contributed by atoms with Crippen molar-refractivity contribution in [2.75, 3.05) is 6.61 Å². The van der Waals surface area contributed by atoms with Gasteiger partial charge in [-0.15, -0.1) is 0 Å². The van der Waals surface area contributed by atoms with Crippen LogP contribution in [0.5, 0.6) is 5.75 Å². The van der Waals surface area contributed by atoms with Gasteiger partial charge in [-0.05, 0) is 25.0 Å². The molecule has 2 aromatic carbocycles. The number of aromatic nitrogens is 1. The Kier molecular flexibility index (Phi) is 3.50. The average Bonchev–Trinajstić information content (AvgIpc) is 3.04. The molecule has 0 amide bonds. The van der Waals surface area contributed by atoms with E-state index in [2.05, 4.69) is 82.6 Å². The van der Waals surface area contributed by atoms with Crippen molar-refractivity contribution in [3.8, 4) is 11.8 Å². The lowest BCUT2D eigenvalue weighted by molar-refractivity contribution is -0.751.